The van der Waals surface area contributed by atoms with Crippen molar-refractivity contribution in [3.05, 3.63) is 29.8 Å². The molecule has 0 fully saturated rings. The van der Waals surface area contributed by atoms with Crippen molar-refractivity contribution in [1.29, 1.82) is 0 Å². The van der Waals surface area contributed by atoms with Crippen LogP contribution in [0.5, 0.6) is 0 Å². The summed E-state index contributed by atoms with van der Waals surface area (Å²) in [6, 6.07) is 3.96. The van der Waals surface area contributed by atoms with Crippen LogP contribution < -0.4 is 27.0 Å². The van der Waals surface area contributed by atoms with Crippen molar-refractivity contribution >= 4 is 35.6 Å². The number of carbonyl (C=O) groups excluding carboxylic acids is 4. The monoisotopic (exact) mass is 606 g/mol. The fraction of sp³-hybridized carbons (Fsp3) is 0.633. The summed E-state index contributed by atoms with van der Waals surface area (Å²) in [5.74, 6) is -2.22. The molecule has 13 nitrogen and oxygen atoms in total. The Morgan fingerprint density at radius 1 is 0.953 bits per heavy atom. The molecule has 5 amide bonds. The highest BCUT2D eigenvalue weighted by Gasteiger charge is 2.30. The Morgan fingerprint density at radius 3 is 2.05 bits per heavy atom. The minimum absolute atomic E-state index is 0.0380. The third-order valence-corrected chi connectivity index (χ3v) is 6.56. The average Bonchev–Trinajstić information content (AvgIpc) is 2.86. The number of nitrogens with two attached hydrogens (primary N) is 1. The molecule has 0 heterocycles. The predicted octanol–water partition coefficient (Wildman–Crippen LogP) is 2.69. The van der Waals surface area contributed by atoms with Gasteiger partial charge in [-0.3, -0.25) is 19.3 Å². The molecule has 242 valence electrons. The molecular weight excluding hydrogens is 556 g/mol. The molecule has 13 heteroatoms. The summed E-state index contributed by atoms with van der Waals surface area (Å²) in [6.07, 6.45) is 0.420. The Kier molecular flexibility index (Phi) is 14.9. The molecule has 0 aromatic heterocycles. The van der Waals surface area contributed by atoms with Crippen LogP contribution in [0.2, 0.25) is 0 Å². The van der Waals surface area contributed by atoms with Crippen LogP contribution in [0, 0.1) is 11.8 Å². The predicted molar refractivity (Wildman–Crippen MR) is 164 cm³/mol. The Balaban J connectivity index is 2.94. The lowest BCUT2D eigenvalue weighted by Crippen LogP contribution is -2.55. The van der Waals surface area contributed by atoms with Gasteiger partial charge in [0.1, 0.15) is 23.7 Å². The normalized spacial score (nSPS) is 13.7. The van der Waals surface area contributed by atoms with Gasteiger partial charge in [0.05, 0.1) is 0 Å². The van der Waals surface area contributed by atoms with Gasteiger partial charge in [-0.05, 0) is 76.6 Å². The quantitative estimate of drug-likeness (QED) is 0.155. The number of aliphatic carboxylic acids is 1. The van der Waals surface area contributed by atoms with Crippen molar-refractivity contribution in [2.45, 2.75) is 91.5 Å². The number of benzene rings is 1. The van der Waals surface area contributed by atoms with E-state index in [1.807, 2.05) is 30.9 Å². The molecule has 1 rings (SSSR count). The minimum atomic E-state index is -0.971. The largest absolute Gasteiger partial charge is 0.480 e. The first kappa shape index (κ1) is 37.2. The molecule has 0 aliphatic rings. The Morgan fingerprint density at radius 2 is 1.56 bits per heavy atom. The molecular formula is C30H50N6O7. The van der Waals surface area contributed by atoms with E-state index in [4.69, 9.17) is 10.5 Å². The second kappa shape index (κ2) is 17.3. The molecule has 3 atom stereocenters. The smallest absolute Gasteiger partial charge is 0.408 e. The number of anilines is 1. The highest BCUT2D eigenvalue weighted by Crippen LogP contribution is 2.15. The molecule has 7 N–H and O–H groups in total. The van der Waals surface area contributed by atoms with Crippen molar-refractivity contribution in [3.63, 3.8) is 0 Å². The van der Waals surface area contributed by atoms with Gasteiger partial charge in [-0.25, -0.2) is 9.59 Å². The number of likely N-dealkylation sites (N-methyl/N-ethyl adjacent to an activating group) is 1. The number of carboxylic acid groups (broad SMARTS) is 1. The maximum Gasteiger partial charge on any atom is 0.408 e. The topological polar surface area (TPSA) is 192 Å². The SMILES string of the molecule is CC(C)C(NC(=O)OC(C)(C)C)C(=O)NC(CCCNC(N)=O)C(=O)Nc1ccc(CCN(C)[C@H](C(=O)O)C(C)C)cc1. The molecule has 0 bridgehead atoms. The van der Waals surface area contributed by atoms with E-state index < -0.39 is 53.6 Å². The Hall–Kier alpha value is -3.87. The van der Waals surface area contributed by atoms with Crippen LogP contribution in [0.25, 0.3) is 0 Å². The van der Waals surface area contributed by atoms with Gasteiger partial charge >= 0.3 is 18.1 Å². The number of rotatable bonds is 16. The van der Waals surface area contributed by atoms with Crippen molar-refractivity contribution in [1.82, 2.24) is 20.9 Å². The van der Waals surface area contributed by atoms with E-state index in [0.717, 1.165) is 5.56 Å². The summed E-state index contributed by atoms with van der Waals surface area (Å²) in [4.78, 5) is 63.3. The molecule has 2 unspecified atom stereocenters. The zero-order valence-corrected chi connectivity index (χ0v) is 26.7. The number of nitrogens with one attached hydrogen (secondary N) is 4. The zero-order valence-electron chi connectivity index (χ0n) is 26.7. The lowest BCUT2D eigenvalue weighted by atomic mass is 10.0. The summed E-state index contributed by atoms with van der Waals surface area (Å²) in [6.45, 7) is 13.2. The third kappa shape index (κ3) is 14.2. The summed E-state index contributed by atoms with van der Waals surface area (Å²) in [7, 11) is 1.79. The van der Waals surface area contributed by atoms with Gasteiger partial charge in [0.25, 0.3) is 0 Å². The first-order chi connectivity index (χ1) is 19.9. The number of alkyl carbamates (subject to hydrolysis) is 1. The Bertz CT molecular complexity index is 1090. The molecule has 0 radical (unpaired) electrons. The van der Waals surface area contributed by atoms with Gasteiger partial charge < -0.3 is 36.8 Å². The summed E-state index contributed by atoms with van der Waals surface area (Å²) in [5, 5.41) is 20.1. The number of hydrogen-bond donors (Lipinski definition) is 6. The van der Waals surface area contributed by atoms with E-state index in [1.54, 1.807) is 53.8 Å². The van der Waals surface area contributed by atoms with E-state index in [0.29, 0.717) is 25.1 Å². The van der Waals surface area contributed by atoms with Crippen LogP contribution in [-0.2, 0) is 25.5 Å². The van der Waals surface area contributed by atoms with Crippen LogP contribution in [0.1, 0.15) is 66.9 Å². The molecule has 0 saturated heterocycles. The van der Waals surface area contributed by atoms with Crippen LogP contribution >= 0.6 is 0 Å². The molecule has 0 aliphatic heterocycles. The van der Waals surface area contributed by atoms with Gasteiger partial charge in [-0.2, -0.15) is 0 Å². The molecule has 0 aliphatic carbocycles. The fourth-order valence-electron chi connectivity index (χ4n) is 4.43. The van der Waals surface area contributed by atoms with Crippen molar-refractivity contribution in [3.8, 4) is 0 Å². The van der Waals surface area contributed by atoms with Gasteiger partial charge in [0, 0.05) is 18.8 Å². The van der Waals surface area contributed by atoms with Crippen LogP contribution in [0.15, 0.2) is 24.3 Å². The number of ether oxygens (including phenoxy) is 1. The van der Waals surface area contributed by atoms with E-state index >= 15 is 0 Å². The first-order valence-corrected chi connectivity index (χ1v) is 14.6. The lowest BCUT2D eigenvalue weighted by molar-refractivity contribution is -0.144. The summed E-state index contributed by atoms with van der Waals surface area (Å²) < 4.78 is 5.28. The third-order valence-electron chi connectivity index (χ3n) is 6.56. The first-order valence-electron chi connectivity index (χ1n) is 14.6. The van der Waals surface area contributed by atoms with Crippen LogP contribution in [-0.4, -0.2) is 83.8 Å². The average molecular weight is 607 g/mol. The van der Waals surface area contributed by atoms with Gasteiger partial charge in [-0.15, -0.1) is 0 Å². The minimum Gasteiger partial charge on any atom is -0.480 e. The van der Waals surface area contributed by atoms with E-state index in [2.05, 4.69) is 21.3 Å². The molecule has 1 aromatic rings. The summed E-state index contributed by atoms with van der Waals surface area (Å²) >= 11 is 0. The number of hydrogen-bond acceptors (Lipinski definition) is 7. The maximum atomic E-state index is 13.3. The molecule has 1 aromatic carbocycles. The Labute approximate surface area is 254 Å². The van der Waals surface area contributed by atoms with Crippen LogP contribution in [0.4, 0.5) is 15.3 Å². The number of carboxylic acids is 1. The fourth-order valence-corrected chi connectivity index (χ4v) is 4.43. The molecule has 0 spiro atoms. The van der Waals surface area contributed by atoms with Crippen molar-refractivity contribution in [2.75, 3.05) is 25.5 Å². The second-order valence-corrected chi connectivity index (χ2v) is 12.3. The highest BCUT2D eigenvalue weighted by molar-refractivity contribution is 5.98. The van der Waals surface area contributed by atoms with Crippen LogP contribution in [0.3, 0.4) is 0 Å². The number of nitrogens with zero attached hydrogens (tertiary/aromatic N) is 1. The number of carbonyl (C=O) groups is 5. The number of urea groups is 1. The lowest BCUT2D eigenvalue weighted by Gasteiger charge is -2.27. The second-order valence-electron chi connectivity index (χ2n) is 12.3. The highest BCUT2D eigenvalue weighted by atomic mass is 16.6. The number of primary amides is 1. The zero-order chi connectivity index (χ0) is 32.9. The maximum absolute atomic E-state index is 13.3. The van der Waals surface area contributed by atoms with Gasteiger partial charge in [0.15, 0.2) is 0 Å². The van der Waals surface area contributed by atoms with Crippen molar-refractivity contribution < 1.29 is 33.8 Å². The standard InChI is InChI=1S/C30H50N6O7/c1-18(2)23(35-29(42)43-30(5,6)7)26(38)34-22(10-9-16-32-28(31)41)25(37)33-21-13-11-20(12-14-21)15-17-36(8)24(19(3)4)27(39)40/h11-14,18-19,22-24H,9-10,15-17H2,1-8H3,(H,33,37)(H,34,38)(H,35,42)(H,39,40)(H3,31,32,41)/t22?,23?,24-/m0/s1. The number of amides is 5. The molecule has 0 saturated carbocycles. The summed E-state index contributed by atoms with van der Waals surface area (Å²) in [5.41, 5.74) is 5.85. The van der Waals surface area contributed by atoms with Gasteiger partial charge in [0.2, 0.25) is 11.8 Å². The van der Waals surface area contributed by atoms with Crippen molar-refractivity contribution in [2.24, 2.45) is 17.6 Å². The van der Waals surface area contributed by atoms with E-state index in [1.165, 1.54) is 0 Å². The van der Waals surface area contributed by atoms with E-state index in [9.17, 15) is 29.1 Å². The van der Waals surface area contributed by atoms with E-state index in [-0.39, 0.29) is 24.8 Å². The van der Waals surface area contributed by atoms with Gasteiger partial charge in [-0.1, -0.05) is 39.8 Å². The molecule has 43 heavy (non-hydrogen) atoms.